The van der Waals surface area contributed by atoms with Gasteiger partial charge in [-0.3, -0.25) is 4.79 Å². The first kappa shape index (κ1) is 19.1. The Balaban J connectivity index is 1.93. The van der Waals surface area contributed by atoms with E-state index in [-0.39, 0.29) is 24.6 Å². The van der Waals surface area contributed by atoms with Crippen LogP contribution in [0.5, 0.6) is 5.75 Å². The van der Waals surface area contributed by atoms with Gasteiger partial charge in [0.1, 0.15) is 11.9 Å². The smallest absolute Gasteiger partial charge is 0.338 e. The maximum Gasteiger partial charge on any atom is 0.338 e. The molecule has 1 aromatic carbocycles. The van der Waals surface area contributed by atoms with Crippen LogP contribution in [-0.2, 0) is 9.53 Å². The van der Waals surface area contributed by atoms with Crippen LogP contribution in [0.4, 0.5) is 5.69 Å². The number of hydrogen-bond acceptors (Lipinski definition) is 5. The quantitative estimate of drug-likeness (QED) is 0.577. The summed E-state index contributed by atoms with van der Waals surface area (Å²) in [6.07, 6.45) is 6.02. The Morgan fingerprint density at radius 2 is 2.00 bits per heavy atom. The molecule has 1 fully saturated rings. The molecule has 1 amide bonds. The van der Waals surface area contributed by atoms with Gasteiger partial charge in [-0.25, -0.2) is 4.79 Å². The number of hydrogen-bond donors (Lipinski definition) is 1. The van der Waals surface area contributed by atoms with E-state index in [1.807, 2.05) is 0 Å². The molecule has 2 N–H and O–H groups in total. The number of rotatable bonds is 8. The average molecular weight is 348 g/mol. The Morgan fingerprint density at radius 3 is 2.68 bits per heavy atom. The van der Waals surface area contributed by atoms with Gasteiger partial charge in [-0.05, 0) is 50.3 Å². The molecule has 25 heavy (non-hydrogen) atoms. The van der Waals surface area contributed by atoms with Gasteiger partial charge in [0, 0.05) is 13.6 Å². The molecule has 1 saturated carbocycles. The first-order chi connectivity index (χ1) is 12.0. The summed E-state index contributed by atoms with van der Waals surface area (Å²) in [6.45, 7) is 2.67. The summed E-state index contributed by atoms with van der Waals surface area (Å²) in [7, 11) is 1.75. The first-order valence-electron chi connectivity index (χ1n) is 8.98. The molecule has 0 atom stereocenters. The lowest BCUT2D eigenvalue weighted by atomic mass is 10.2. The number of benzene rings is 1. The predicted octanol–water partition coefficient (Wildman–Crippen LogP) is 3.01. The van der Waals surface area contributed by atoms with Crippen molar-refractivity contribution in [2.24, 2.45) is 0 Å². The Bertz CT molecular complexity index is 597. The van der Waals surface area contributed by atoms with Crippen LogP contribution in [0, 0.1) is 0 Å². The van der Waals surface area contributed by atoms with Gasteiger partial charge >= 0.3 is 5.97 Å². The second-order valence-corrected chi connectivity index (χ2v) is 6.52. The van der Waals surface area contributed by atoms with Crippen LogP contribution in [0.25, 0.3) is 0 Å². The van der Waals surface area contributed by atoms with E-state index in [1.54, 1.807) is 30.1 Å². The topological polar surface area (TPSA) is 81.9 Å². The average Bonchev–Trinajstić information content (AvgIpc) is 3.11. The minimum atomic E-state index is -0.372. The van der Waals surface area contributed by atoms with Crippen LogP contribution in [0.3, 0.4) is 0 Å². The second-order valence-electron chi connectivity index (χ2n) is 6.52. The molecule has 0 bridgehead atoms. The Labute approximate surface area is 149 Å². The summed E-state index contributed by atoms with van der Waals surface area (Å²) in [4.78, 5) is 25.9. The third-order valence-electron chi connectivity index (χ3n) is 4.45. The number of unbranched alkanes of at least 4 members (excludes halogenated alkanes) is 1. The molecule has 2 rings (SSSR count). The van der Waals surface area contributed by atoms with E-state index in [2.05, 4.69) is 6.92 Å². The molecule has 0 saturated heterocycles. The number of amides is 1. The number of esters is 1. The van der Waals surface area contributed by atoms with Crippen LogP contribution in [0.2, 0.25) is 0 Å². The molecule has 0 spiro atoms. The third-order valence-corrected chi connectivity index (χ3v) is 4.45. The molecule has 6 nitrogen and oxygen atoms in total. The fourth-order valence-corrected chi connectivity index (χ4v) is 2.78. The van der Waals surface area contributed by atoms with E-state index >= 15 is 0 Å². The number of likely N-dealkylation sites (N-methyl/N-ethyl adjacent to an activating group) is 1. The van der Waals surface area contributed by atoms with E-state index < -0.39 is 0 Å². The first-order valence-corrected chi connectivity index (χ1v) is 8.98. The highest BCUT2D eigenvalue weighted by molar-refractivity contribution is 5.91. The van der Waals surface area contributed by atoms with Crippen LogP contribution >= 0.6 is 0 Å². The van der Waals surface area contributed by atoms with E-state index in [0.717, 1.165) is 38.5 Å². The molecule has 0 aromatic heterocycles. The van der Waals surface area contributed by atoms with Crippen molar-refractivity contribution in [3.05, 3.63) is 23.8 Å². The standard InChI is InChI=1S/C19H28N2O4/c1-3-4-11-21(2)18(22)13-24-17-12-14(9-10-16(17)20)19(23)25-15-7-5-6-8-15/h9-10,12,15H,3-8,11,13,20H2,1-2H3. The lowest BCUT2D eigenvalue weighted by Gasteiger charge is -2.18. The number of nitrogens with zero attached hydrogens (tertiary/aromatic N) is 1. The van der Waals surface area contributed by atoms with Crippen molar-refractivity contribution in [2.45, 2.75) is 51.6 Å². The number of nitrogen functional groups attached to an aromatic ring is 1. The molecular formula is C19H28N2O4. The Morgan fingerprint density at radius 1 is 1.28 bits per heavy atom. The summed E-state index contributed by atoms with van der Waals surface area (Å²) in [6, 6.07) is 4.77. The number of carbonyl (C=O) groups is 2. The van der Waals surface area contributed by atoms with Crippen LogP contribution < -0.4 is 10.5 Å². The molecule has 0 aliphatic heterocycles. The fourth-order valence-electron chi connectivity index (χ4n) is 2.78. The van der Waals surface area contributed by atoms with Gasteiger partial charge in [-0.15, -0.1) is 0 Å². The SMILES string of the molecule is CCCCN(C)C(=O)COc1cc(C(=O)OC2CCCC2)ccc1N. The van der Waals surface area contributed by atoms with Gasteiger partial charge in [-0.1, -0.05) is 13.3 Å². The maximum absolute atomic E-state index is 12.2. The molecule has 1 aliphatic carbocycles. The van der Waals surface area contributed by atoms with E-state index in [1.165, 1.54) is 0 Å². The summed E-state index contributed by atoms with van der Waals surface area (Å²) < 4.78 is 11.0. The molecule has 1 aliphatic rings. The molecule has 6 heteroatoms. The fraction of sp³-hybridized carbons (Fsp3) is 0.579. The van der Waals surface area contributed by atoms with Gasteiger partial charge in [0.15, 0.2) is 6.61 Å². The molecule has 0 heterocycles. The van der Waals surface area contributed by atoms with Gasteiger partial charge in [0.2, 0.25) is 0 Å². The molecule has 1 aromatic rings. The van der Waals surface area contributed by atoms with Crippen molar-refractivity contribution in [1.82, 2.24) is 4.90 Å². The van der Waals surface area contributed by atoms with Gasteiger partial charge < -0.3 is 20.1 Å². The van der Waals surface area contributed by atoms with Crippen molar-refractivity contribution < 1.29 is 19.1 Å². The molecular weight excluding hydrogens is 320 g/mol. The van der Waals surface area contributed by atoms with Crippen molar-refractivity contribution >= 4 is 17.6 Å². The maximum atomic E-state index is 12.2. The zero-order valence-electron chi connectivity index (χ0n) is 15.1. The highest BCUT2D eigenvalue weighted by atomic mass is 16.5. The lowest BCUT2D eigenvalue weighted by molar-refractivity contribution is -0.132. The largest absolute Gasteiger partial charge is 0.482 e. The zero-order valence-corrected chi connectivity index (χ0v) is 15.1. The van der Waals surface area contributed by atoms with Gasteiger partial charge in [-0.2, -0.15) is 0 Å². The van der Waals surface area contributed by atoms with Crippen molar-refractivity contribution in [1.29, 1.82) is 0 Å². The monoisotopic (exact) mass is 348 g/mol. The molecule has 0 unspecified atom stereocenters. The van der Waals surface area contributed by atoms with Crippen molar-refractivity contribution in [3.8, 4) is 5.75 Å². The summed E-state index contributed by atoms with van der Waals surface area (Å²) >= 11 is 0. The summed E-state index contributed by atoms with van der Waals surface area (Å²) in [5, 5.41) is 0. The number of anilines is 1. The Kier molecular flexibility index (Phi) is 7.10. The van der Waals surface area contributed by atoms with Gasteiger partial charge in [0.25, 0.3) is 5.91 Å². The third kappa shape index (κ3) is 5.66. The predicted molar refractivity (Wildman–Crippen MR) is 96.6 cm³/mol. The minimum absolute atomic E-state index is 0.00298. The molecule has 0 radical (unpaired) electrons. The second kappa shape index (κ2) is 9.30. The number of carbonyl (C=O) groups excluding carboxylic acids is 2. The minimum Gasteiger partial charge on any atom is -0.482 e. The van der Waals surface area contributed by atoms with Crippen LogP contribution in [-0.4, -0.2) is 43.1 Å². The molecule has 138 valence electrons. The lowest BCUT2D eigenvalue weighted by Crippen LogP contribution is -2.32. The summed E-state index contributed by atoms with van der Waals surface area (Å²) in [5.41, 5.74) is 6.68. The number of nitrogens with two attached hydrogens (primary N) is 1. The number of ether oxygens (including phenoxy) is 2. The van der Waals surface area contributed by atoms with E-state index in [0.29, 0.717) is 23.5 Å². The zero-order chi connectivity index (χ0) is 18.2. The highest BCUT2D eigenvalue weighted by Crippen LogP contribution is 2.26. The highest BCUT2D eigenvalue weighted by Gasteiger charge is 2.21. The Hall–Kier alpha value is -2.24. The van der Waals surface area contributed by atoms with Gasteiger partial charge in [0.05, 0.1) is 11.3 Å². The van der Waals surface area contributed by atoms with Crippen molar-refractivity contribution in [3.63, 3.8) is 0 Å². The van der Waals surface area contributed by atoms with Crippen LogP contribution in [0.1, 0.15) is 55.8 Å². The van der Waals surface area contributed by atoms with E-state index in [9.17, 15) is 9.59 Å². The van der Waals surface area contributed by atoms with E-state index in [4.69, 9.17) is 15.2 Å². The van der Waals surface area contributed by atoms with Crippen molar-refractivity contribution in [2.75, 3.05) is 25.9 Å². The summed E-state index contributed by atoms with van der Waals surface area (Å²) in [5.74, 6) is -0.159. The van der Waals surface area contributed by atoms with Crippen LogP contribution in [0.15, 0.2) is 18.2 Å². The normalized spacial score (nSPS) is 14.3.